The first-order valence-corrected chi connectivity index (χ1v) is 31.6. The number of unbranched alkanes of at least 4 members (excludes halogenated alkanes) is 41. The van der Waals surface area contributed by atoms with E-state index < -0.39 is 18.2 Å². The molecule has 1 amide bonds. The van der Waals surface area contributed by atoms with Gasteiger partial charge in [-0.3, -0.25) is 4.79 Å². The van der Waals surface area contributed by atoms with E-state index in [1.54, 1.807) is 6.08 Å². The van der Waals surface area contributed by atoms with Gasteiger partial charge in [-0.25, -0.2) is 0 Å². The van der Waals surface area contributed by atoms with Crippen molar-refractivity contribution in [3.8, 4) is 0 Å². The molecule has 0 aromatic carbocycles. The van der Waals surface area contributed by atoms with E-state index in [0.717, 1.165) is 44.9 Å². The molecule has 0 rings (SSSR count). The summed E-state index contributed by atoms with van der Waals surface area (Å²) < 4.78 is 0. The molecule has 0 aliphatic heterocycles. The number of allylic oxidation sites excluding steroid dienone is 9. The number of hydrogen-bond donors (Lipinski definition) is 4. The van der Waals surface area contributed by atoms with Gasteiger partial charge in [-0.2, -0.15) is 0 Å². The molecule has 416 valence electrons. The maximum atomic E-state index is 12.6. The Labute approximate surface area is 443 Å². The van der Waals surface area contributed by atoms with Crippen LogP contribution >= 0.6 is 0 Å². The number of aliphatic hydroxyl groups excluding tert-OH is 3. The summed E-state index contributed by atoms with van der Waals surface area (Å²) in [6.45, 7) is 4.23. The fraction of sp³-hybridized carbons (Fsp3) is 0.833. The zero-order chi connectivity index (χ0) is 51.4. The molecule has 0 bridgehead atoms. The molecule has 0 spiro atoms. The average Bonchev–Trinajstić information content (AvgIpc) is 3.37. The van der Waals surface area contributed by atoms with Crippen molar-refractivity contribution < 1.29 is 20.1 Å². The van der Waals surface area contributed by atoms with E-state index in [0.29, 0.717) is 6.42 Å². The highest BCUT2D eigenvalue weighted by molar-refractivity contribution is 5.76. The van der Waals surface area contributed by atoms with Crippen molar-refractivity contribution in [1.82, 2.24) is 5.32 Å². The predicted molar refractivity (Wildman–Crippen MR) is 314 cm³/mol. The lowest BCUT2D eigenvalue weighted by atomic mass is 10.0. The Morgan fingerprint density at radius 2 is 0.648 bits per heavy atom. The summed E-state index contributed by atoms with van der Waals surface area (Å²) in [6, 6.07) is -0.771. The molecule has 5 heteroatoms. The fourth-order valence-corrected chi connectivity index (χ4v) is 9.70. The van der Waals surface area contributed by atoms with Crippen molar-refractivity contribution in [3.63, 3.8) is 0 Å². The second kappa shape index (κ2) is 60.6. The number of amides is 1. The minimum atomic E-state index is -0.963. The molecule has 5 nitrogen and oxygen atoms in total. The van der Waals surface area contributed by atoms with E-state index in [1.807, 2.05) is 6.08 Å². The van der Waals surface area contributed by atoms with E-state index in [1.165, 1.54) is 257 Å². The molecule has 0 fully saturated rings. The summed E-state index contributed by atoms with van der Waals surface area (Å²) in [5, 5.41) is 33.5. The second-order valence-corrected chi connectivity index (χ2v) is 21.6. The van der Waals surface area contributed by atoms with E-state index in [2.05, 4.69) is 67.8 Å². The highest BCUT2D eigenvalue weighted by Crippen LogP contribution is 2.17. The second-order valence-electron chi connectivity index (χ2n) is 21.6. The molecule has 0 saturated heterocycles. The quantitative estimate of drug-likeness (QED) is 0.0361. The van der Waals surface area contributed by atoms with Crippen molar-refractivity contribution in [2.45, 2.75) is 347 Å². The first-order valence-electron chi connectivity index (χ1n) is 31.6. The van der Waals surface area contributed by atoms with Crippen molar-refractivity contribution in [2.75, 3.05) is 6.61 Å². The summed E-state index contributed by atoms with van der Waals surface area (Å²) in [5.41, 5.74) is 0. The van der Waals surface area contributed by atoms with Gasteiger partial charge in [-0.05, 0) is 77.0 Å². The lowest BCUT2D eigenvalue weighted by Crippen LogP contribution is -2.45. The van der Waals surface area contributed by atoms with Gasteiger partial charge in [0.15, 0.2) is 0 Å². The van der Waals surface area contributed by atoms with Crippen molar-refractivity contribution in [3.05, 3.63) is 60.8 Å². The van der Waals surface area contributed by atoms with Crippen LogP contribution in [0.15, 0.2) is 60.8 Å². The number of carbonyl (C=O) groups excluding carboxylic acids is 1. The topological polar surface area (TPSA) is 89.8 Å². The minimum Gasteiger partial charge on any atom is -0.394 e. The van der Waals surface area contributed by atoms with Crippen molar-refractivity contribution in [2.24, 2.45) is 0 Å². The summed E-state index contributed by atoms with van der Waals surface area (Å²) in [7, 11) is 0. The van der Waals surface area contributed by atoms with Gasteiger partial charge in [0.05, 0.1) is 31.3 Å². The molecule has 0 aromatic heterocycles. The van der Waals surface area contributed by atoms with Gasteiger partial charge < -0.3 is 20.6 Å². The summed E-state index contributed by atoms with van der Waals surface area (Å²) >= 11 is 0. The molecule has 4 N–H and O–H groups in total. The standard InChI is InChI=1S/C66H123NO4/c1-3-5-7-9-11-13-15-17-19-21-23-25-27-29-30-31-32-33-34-36-37-39-41-43-45-47-49-51-53-55-57-59-63(69)61-66(71)67-64(62-68)65(70)60-58-56-54-52-50-48-46-44-42-40-38-35-28-26-24-22-20-18-16-14-12-10-8-6-4-2/h23,25,29-30,42,44,50,52,58,60,63-65,68-70H,3-22,24,26-28,31-41,43,45-49,51,53-57,59,61-62H2,1-2H3,(H,67,71)/b25-23-,30-29-,44-42+,52-50+,60-58+. The van der Waals surface area contributed by atoms with E-state index in [4.69, 9.17) is 0 Å². The number of rotatable bonds is 58. The van der Waals surface area contributed by atoms with Crippen LogP contribution in [0.25, 0.3) is 0 Å². The molecule has 0 saturated carbocycles. The van der Waals surface area contributed by atoms with Gasteiger partial charge in [0.1, 0.15) is 0 Å². The van der Waals surface area contributed by atoms with Crippen LogP contribution in [0.4, 0.5) is 0 Å². The maximum absolute atomic E-state index is 12.6. The molecule has 0 aliphatic rings. The van der Waals surface area contributed by atoms with Gasteiger partial charge in [0.2, 0.25) is 5.91 Å². The average molecular weight is 995 g/mol. The van der Waals surface area contributed by atoms with Crippen LogP contribution in [0.1, 0.15) is 328 Å². The van der Waals surface area contributed by atoms with Gasteiger partial charge in [0, 0.05) is 0 Å². The Morgan fingerprint density at radius 1 is 0.366 bits per heavy atom. The number of aliphatic hydroxyl groups is 3. The molecule has 0 heterocycles. The van der Waals surface area contributed by atoms with Crippen LogP contribution < -0.4 is 5.32 Å². The minimum absolute atomic E-state index is 0.00177. The number of nitrogens with one attached hydrogen (secondary N) is 1. The molecular weight excluding hydrogens is 871 g/mol. The largest absolute Gasteiger partial charge is 0.394 e. The first-order chi connectivity index (χ1) is 35.0. The van der Waals surface area contributed by atoms with E-state index in [-0.39, 0.29) is 18.9 Å². The third-order valence-electron chi connectivity index (χ3n) is 14.5. The smallest absolute Gasteiger partial charge is 0.222 e. The van der Waals surface area contributed by atoms with Crippen LogP contribution in [0.3, 0.4) is 0 Å². The lowest BCUT2D eigenvalue weighted by molar-refractivity contribution is -0.124. The Morgan fingerprint density at radius 3 is 0.986 bits per heavy atom. The third-order valence-corrected chi connectivity index (χ3v) is 14.5. The SMILES string of the molecule is CCCCCCCCCCC/C=C\C/C=C\CCCCCCCCCCCCCCCCCC(O)CC(=O)NC(CO)C(O)/C=C/CC/C=C/CC/C=C/CCCCCCCCCCCCCCCCC. The predicted octanol–water partition coefficient (Wildman–Crippen LogP) is 20.1. The number of carbonyl (C=O) groups is 1. The Balaban J connectivity index is 3.59. The molecule has 0 aliphatic carbocycles. The van der Waals surface area contributed by atoms with Gasteiger partial charge in [-0.15, -0.1) is 0 Å². The molecule has 0 radical (unpaired) electrons. The lowest BCUT2D eigenvalue weighted by Gasteiger charge is -2.21. The summed E-state index contributed by atoms with van der Waals surface area (Å²) in [6.07, 6.45) is 83.0. The molecule has 71 heavy (non-hydrogen) atoms. The Kier molecular flexibility index (Phi) is 58.9. The Hall–Kier alpha value is -1.95. The van der Waals surface area contributed by atoms with Crippen LogP contribution in [0.5, 0.6) is 0 Å². The highest BCUT2D eigenvalue weighted by Gasteiger charge is 2.20. The first kappa shape index (κ1) is 69.0. The van der Waals surface area contributed by atoms with E-state index >= 15 is 0 Å². The van der Waals surface area contributed by atoms with Crippen molar-refractivity contribution in [1.29, 1.82) is 0 Å². The van der Waals surface area contributed by atoms with Gasteiger partial charge in [-0.1, -0.05) is 306 Å². The normalized spacial score (nSPS) is 13.6. The Bertz CT molecular complexity index is 1190. The van der Waals surface area contributed by atoms with Crippen molar-refractivity contribution >= 4 is 5.91 Å². The van der Waals surface area contributed by atoms with Crippen LogP contribution in [0, 0.1) is 0 Å². The molecule has 0 aromatic rings. The number of hydrogen-bond acceptors (Lipinski definition) is 4. The molecule has 3 atom stereocenters. The van der Waals surface area contributed by atoms with Crippen LogP contribution in [-0.4, -0.2) is 46.1 Å². The van der Waals surface area contributed by atoms with Gasteiger partial charge in [0.25, 0.3) is 0 Å². The highest BCUT2D eigenvalue weighted by atomic mass is 16.3. The summed E-state index contributed by atoms with van der Waals surface area (Å²) in [4.78, 5) is 12.6. The zero-order valence-corrected chi connectivity index (χ0v) is 47.6. The fourth-order valence-electron chi connectivity index (χ4n) is 9.70. The van der Waals surface area contributed by atoms with E-state index in [9.17, 15) is 20.1 Å². The van der Waals surface area contributed by atoms with Gasteiger partial charge >= 0.3 is 0 Å². The molecular formula is C66H123NO4. The molecule has 3 unspecified atom stereocenters. The van der Waals surface area contributed by atoms with Crippen LogP contribution in [0.2, 0.25) is 0 Å². The summed E-state index contributed by atoms with van der Waals surface area (Å²) in [5.74, 6) is -0.326. The monoisotopic (exact) mass is 994 g/mol. The van der Waals surface area contributed by atoms with Crippen LogP contribution in [-0.2, 0) is 4.79 Å². The maximum Gasteiger partial charge on any atom is 0.222 e. The third kappa shape index (κ3) is 57.2. The zero-order valence-electron chi connectivity index (χ0n) is 47.6.